The lowest BCUT2D eigenvalue weighted by Gasteiger charge is -2.10. The highest BCUT2D eigenvalue weighted by Gasteiger charge is 2.01. The minimum absolute atomic E-state index is 0.103. The van der Waals surface area contributed by atoms with Crippen LogP contribution in [0, 0.1) is 5.92 Å². The molecule has 0 aliphatic rings. The van der Waals surface area contributed by atoms with E-state index in [1.807, 2.05) is 6.92 Å². The second-order valence-corrected chi connectivity index (χ2v) is 6.79. The molecule has 0 rings (SSSR count). The molecule has 21 heavy (non-hydrogen) atoms. The Kier molecular flexibility index (Phi) is 16.2. The molecule has 2 atom stereocenters. The van der Waals surface area contributed by atoms with Crippen molar-refractivity contribution in [1.29, 1.82) is 0 Å². The van der Waals surface area contributed by atoms with Crippen molar-refractivity contribution in [1.82, 2.24) is 0 Å². The van der Waals surface area contributed by atoms with Gasteiger partial charge in [0.25, 0.3) is 0 Å². The lowest BCUT2D eigenvalue weighted by molar-refractivity contribution is 0.180. The highest BCUT2D eigenvalue weighted by Crippen LogP contribution is 2.16. The van der Waals surface area contributed by atoms with E-state index < -0.39 is 10.4 Å². The predicted octanol–water partition coefficient (Wildman–Crippen LogP) is 4.27. The zero-order chi connectivity index (χ0) is 16.7. The van der Waals surface area contributed by atoms with Crippen molar-refractivity contribution < 1.29 is 22.6 Å². The standard InChI is InChI=1S/C15H32O.H2O4S/c1-4-5-11-14(2)12-9-7-6-8-10-13-15(3)16;1-5(2,3)4/h14-16H,4-13H2,1-3H3;(H2,1,2,3,4). The second kappa shape index (κ2) is 14.8. The van der Waals surface area contributed by atoms with Gasteiger partial charge >= 0.3 is 10.4 Å². The summed E-state index contributed by atoms with van der Waals surface area (Å²) < 4.78 is 31.6. The van der Waals surface area contributed by atoms with E-state index in [0.29, 0.717) is 0 Å². The Morgan fingerprint density at radius 1 is 0.810 bits per heavy atom. The predicted molar refractivity (Wildman–Crippen MR) is 86.9 cm³/mol. The molecule has 0 amide bonds. The molecule has 0 heterocycles. The Morgan fingerprint density at radius 2 is 1.19 bits per heavy atom. The normalized spacial score (nSPS) is 14.2. The molecule has 0 saturated heterocycles. The number of hydrogen-bond donors (Lipinski definition) is 3. The van der Waals surface area contributed by atoms with Crippen LogP contribution < -0.4 is 0 Å². The maximum Gasteiger partial charge on any atom is 0.394 e. The summed E-state index contributed by atoms with van der Waals surface area (Å²) in [6.07, 6.45) is 13.1. The van der Waals surface area contributed by atoms with Gasteiger partial charge in [-0.05, 0) is 19.3 Å². The molecule has 0 fully saturated rings. The molecule has 0 aliphatic carbocycles. The van der Waals surface area contributed by atoms with Gasteiger partial charge in [0.2, 0.25) is 0 Å². The van der Waals surface area contributed by atoms with Gasteiger partial charge in [-0.15, -0.1) is 0 Å². The van der Waals surface area contributed by atoms with Crippen molar-refractivity contribution in [3.8, 4) is 0 Å². The van der Waals surface area contributed by atoms with E-state index in [9.17, 15) is 0 Å². The molecule has 3 N–H and O–H groups in total. The highest BCUT2D eigenvalue weighted by atomic mass is 32.3. The summed E-state index contributed by atoms with van der Waals surface area (Å²) in [5, 5.41) is 9.11. The zero-order valence-electron chi connectivity index (χ0n) is 13.8. The maximum atomic E-state index is 9.11. The molecule has 5 nitrogen and oxygen atoms in total. The Bertz CT molecular complexity index is 293. The van der Waals surface area contributed by atoms with Crippen molar-refractivity contribution in [3.63, 3.8) is 0 Å². The minimum Gasteiger partial charge on any atom is -0.393 e. The molecule has 2 unspecified atom stereocenters. The van der Waals surface area contributed by atoms with Crippen LogP contribution in [-0.4, -0.2) is 28.7 Å². The summed E-state index contributed by atoms with van der Waals surface area (Å²) in [6.45, 7) is 6.55. The third-order valence-electron chi connectivity index (χ3n) is 3.37. The van der Waals surface area contributed by atoms with E-state index in [0.717, 1.165) is 12.3 Å². The largest absolute Gasteiger partial charge is 0.394 e. The summed E-state index contributed by atoms with van der Waals surface area (Å²) in [4.78, 5) is 0. The first kappa shape index (κ1) is 23.1. The molecule has 0 aliphatic heterocycles. The van der Waals surface area contributed by atoms with E-state index >= 15 is 0 Å². The van der Waals surface area contributed by atoms with Gasteiger partial charge in [-0.2, -0.15) is 8.42 Å². The number of aliphatic hydroxyl groups excluding tert-OH is 1. The van der Waals surface area contributed by atoms with Crippen LogP contribution in [0.2, 0.25) is 0 Å². The third-order valence-corrected chi connectivity index (χ3v) is 3.37. The molecule has 0 bridgehead atoms. The van der Waals surface area contributed by atoms with Gasteiger partial charge in [0.1, 0.15) is 0 Å². The summed E-state index contributed by atoms with van der Waals surface area (Å²) in [7, 11) is -4.67. The molecule has 0 aromatic heterocycles. The van der Waals surface area contributed by atoms with Crippen LogP contribution in [-0.2, 0) is 10.4 Å². The van der Waals surface area contributed by atoms with Crippen molar-refractivity contribution >= 4 is 10.4 Å². The second-order valence-electron chi connectivity index (χ2n) is 5.89. The molecule has 0 aromatic rings. The average molecular weight is 326 g/mol. The van der Waals surface area contributed by atoms with E-state index in [1.165, 1.54) is 57.8 Å². The fourth-order valence-electron chi connectivity index (χ4n) is 2.16. The number of unbranched alkanes of at least 4 members (excludes halogenated alkanes) is 5. The summed E-state index contributed by atoms with van der Waals surface area (Å²) in [6, 6.07) is 0. The van der Waals surface area contributed by atoms with E-state index in [1.54, 1.807) is 0 Å². The van der Waals surface area contributed by atoms with Gasteiger partial charge in [-0.1, -0.05) is 71.6 Å². The Labute approximate surface area is 130 Å². The Hall–Kier alpha value is -0.170. The maximum absolute atomic E-state index is 9.11. The first-order chi connectivity index (χ1) is 9.66. The van der Waals surface area contributed by atoms with Crippen LogP contribution in [0.1, 0.15) is 85.0 Å². The van der Waals surface area contributed by atoms with E-state index in [2.05, 4.69) is 13.8 Å². The van der Waals surface area contributed by atoms with Crippen LogP contribution in [0.3, 0.4) is 0 Å². The smallest absolute Gasteiger partial charge is 0.393 e. The lowest BCUT2D eigenvalue weighted by atomic mass is 9.97. The van der Waals surface area contributed by atoms with E-state index in [4.69, 9.17) is 22.6 Å². The fourth-order valence-corrected chi connectivity index (χ4v) is 2.16. The van der Waals surface area contributed by atoms with Gasteiger partial charge in [0.05, 0.1) is 6.10 Å². The van der Waals surface area contributed by atoms with E-state index in [-0.39, 0.29) is 6.10 Å². The van der Waals surface area contributed by atoms with Crippen LogP contribution >= 0.6 is 0 Å². The first-order valence-corrected chi connectivity index (χ1v) is 9.44. The number of rotatable bonds is 11. The lowest BCUT2D eigenvalue weighted by Crippen LogP contribution is -1.98. The quantitative estimate of drug-likeness (QED) is 0.389. The molecule has 130 valence electrons. The molecule has 0 spiro atoms. The Morgan fingerprint density at radius 3 is 1.62 bits per heavy atom. The average Bonchev–Trinajstić information content (AvgIpc) is 2.32. The van der Waals surface area contributed by atoms with Crippen molar-refractivity contribution in [2.45, 2.75) is 91.1 Å². The monoisotopic (exact) mass is 326 g/mol. The van der Waals surface area contributed by atoms with Gasteiger partial charge in [0.15, 0.2) is 0 Å². The molecular formula is C15H34O5S. The SMILES string of the molecule is CCCCC(C)CCCCCCCC(C)O.O=S(=O)(O)O. The van der Waals surface area contributed by atoms with Crippen LogP contribution in [0.5, 0.6) is 0 Å². The van der Waals surface area contributed by atoms with Gasteiger partial charge in [-0.25, -0.2) is 0 Å². The van der Waals surface area contributed by atoms with Gasteiger partial charge in [-0.3, -0.25) is 9.11 Å². The van der Waals surface area contributed by atoms with Crippen LogP contribution in [0.15, 0.2) is 0 Å². The number of aliphatic hydroxyl groups is 1. The molecule has 0 radical (unpaired) electrons. The fraction of sp³-hybridized carbons (Fsp3) is 1.00. The van der Waals surface area contributed by atoms with Crippen molar-refractivity contribution in [2.75, 3.05) is 0 Å². The number of hydrogen-bond acceptors (Lipinski definition) is 3. The molecule has 0 saturated carbocycles. The summed E-state index contributed by atoms with van der Waals surface area (Å²) >= 11 is 0. The molecular weight excluding hydrogens is 292 g/mol. The minimum atomic E-state index is -4.67. The summed E-state index contributed by atoms with van der Waals surface area (Å²) in [5.41, 5.74) is 0. The topological polar surface area (TPSA) is 94.8 Å². The molecule has 0 aromatic carbocycles. The Balaban J connectivity index is 0. The summed E-state index contributed by atoms with van der Waals surface area (Å²) in [5.74, 6) is 0.928. The first-order valence-electron chi connectivity index (χ1n) is 8.04. The molecule has 6 heteroatoms. The van der Waals surface area contributed by atoms with Crippen LogP contribution in [0.25, 0.3) is 0 Å². The third kappa shape index (κ3) is 33.0. The van der Waals surface area contributed by atoms with Gasteiger partial charge in [0, 0.05) is 0 Å². The van der Waals surface area contributed by atoms with Crippen LogP contribution in [0.4, 0.5) is 0 Å². The van der Waals surface area contributed by atoms with Gasteiger partial charge < -0.3 is 5.11 Å². The zero-order valence-corrected chi connectivity index (χ0v) is 14.6. The van der Waals surface area contributed by atoms with Crippen molar-refractivity contribution in [2.24, 2.45) is 5.92 Å². The van der Waals surface area contributed by atoms with Crippen molar-refractivity contribution in [3.05, 3.63) is 0 Å². The highest BCUT2D eigenvalue weighted by molar-refractivity contribution is 7.79.